The van der Waals surface area contributed by atoms with Crippen LogP contribution in [0, 0.1) is 13.8 Å². The smallest absolute Gasteiger partial charge is 0.344 e. The van der Waals surface area contributed by atoms with Gasteiger partial charge >= 0.3 is 5.97 Å². The molecule has 0 N–H and O–H groups in total. The van der Waals surface area contributed by atoms with E-state index in [-0.39, 0.29) is 6.61 Å². The first kappa shape index (κ1) is 16.0. The second-order valence-electron chi connectivity index (χ2n) is 5.53. The lowest BCUT2D eigenvalue weighted by molar-refractivity contribution is 0.0457. The highest BCUT2D eigenvalue weighted by Crippen LogP contribution is 2.20. The van der Waals surface area contributed by atoms with Crippen LogP contribution in [-0.4, -0.2) is 35.1 Å². The Morgan fingerprint density at radius 1 is 1.21 bits per heavy atom. The number of esters is 1. The van der Waals surface area contributed by atoms with E-state index in [9.17, 15) is 4.79 Å². The molecule has 8 heteroatoms. The minimum Gasteiger partial charge on any atom is -0.454 e. The van der Waals surface area contributed by atoms with Crippen LogP contribution in [0.2, 0.25) is 0 Å². The van der Waals surface area contributed by atoms with Gasteiger partial charge in [0, 0.05) is 25.0 Å². The van der Waals surface area contributed by atoms with E-state index in [0.717, 1.165) is 11.4 Å². The number of aryl methyl sites for hydroxylation is 4. The first-order valence-electron chi connectivity index (χ1n) is 7.74. The van der Waals surface area contributed by atoms with Gasteiger partial charge in [-0.05, 0) is 32.9 Å². The summed E-state index contributed by atoms with van der Waals surface area (Å²) in [6.07, 6.45) is 2.98. The van der Waals surface area contributed by atoms with Gasteiger partial charge in [0.2, 0.25) is 0 Å². The number of nitrogens with zero attached hydrogens (tertiary/aromatic N) is 6. The summed E-state index contributed by atoms with van der Waals surface area (Å²) in [5, 5.41) is 8.28. The summed E-state index contributed by atoms with van der Waals surface area (Å²) in [5.41, 5.74) is 2.47. The minimum absolute atomic E-state index is 0.0741. The number of hydrogen-bond donors (Lipinski definition) is 0. The molecule has 0 bridgehead atoms. The van der Waals surface area contributed by atoms with E-state index < -0.39 is 5.97 Å². The van der Waals surface area contributed by atoms with E-state index >= 15 is 0 Å². The first-order valence-corrected chi connectivity index (χ1v) is 7.74. The van der Waals surface area contributed by atoms with Gasteiger partial charge in [-0.15, -0.1) is 0 Å². The van der Waals surface area contributed by atoms with Crippen molar-refractivity contribution in [2.75, 3.05) is 0 Å². The molecule has 3 rings (SSSR count). The zero-order valence-electron chi connectivity index (χ0n) is 14.2. The molecule has 0 unspecified atom stereocenters. The Morgan fingerprint density at radius 3 is 2.58 bits per heavy atom. The first-order chi connectivity index (χ1) is 11.5. The van der Waals surface area contributed by atoms with Crippen LogP contribution in [0.4, 0.5) is 0 Å². The lowest BCUT2D eigenvalue weighted by Gasteiger charge is -2.12. The summed E-state index contributed by atoms with van der Waals surface area (Å²) in [6, 6.07) is 4.00. The Bertz CT molecular complexity index is 854. The highest BCUT2D eigenvalue weighted by molar-refractivity contribution is 5.92. The van der Waals surface area contributed by atoms with E-state index in [0.29, 0.717) is 23.8 Å². The third kappa shape index (κ3) is 2.70. The number of rotatable bonds is 5. The maximum absolute atomic E-state index is 12.5. The van der Waals surface area contributed by atoms with Crippen molar-refractivity contribution in [2.45, 2.75) is 33.9 Å². The Balaban J connectivity index is 1.87. The molecule has 24 heavy (non-hydrogen) atoms. The summed E-state index contributed by atoms with van der Waals surface area (Å²) in [5.74, 6) is 0.873. The standard InChI is InChI=1S/C16H20N6O2/c1-5-21-14(17-10-19-21)9-24-16(23)13-8-18-20(4)15(13)22-11(2)6-7-12(22)3/h6-8,10H,5,9H2,1-4H3. The largest absolute Gasteiger partial charge is 0.454 e. The maximum atomic E-state index is 12.5. The lowest BCUT2D eigenvalue weighted by Crippen LogP contribution is -2.14. The van der Waals surface area contributed by atoms with E-state index in [2.05, 4.69) is 15.2 Å². The summed E-state index contributed by atoms with van der Waals surface area (Å²) < 4.78 is 10.8. The minimum atomic E-state index is -0.434. The van der Waals surface area contributed by atoms with Crippen LogP contribution in [-0.2, 0) is 24.9 Å². The number of carbonyl (C=O) groups excluding carboxylic acids is 1. The van der Waals surface area contributed by atoms with E-state index in [1.54, 1.807) is 16.4 Å². The van der Waals surface area contributed by atoms with Gasteiger partial charge in [0.05, 0.1) is 6.20 Å². The van der Waals surface area contributed by atoms with Crippen molar-refractivity contribution in [1.82, 2.24) is 29.1 Å². The molecule has 0 aromatic carbocycles. The van der Waals surface area contributed by atoms with Gasteiger partial charge in [-0.2, -0.15) is 10.2 Å². The molecule has 0 saturated carbocycles. The molecule has 3 heterocycles. The zero-order chi connectivity index (χ0) is 17.3. The topological polar surface area (TPSA) is 79.8 Å². The number of carbonyl (C=O) groups is 1. The quantitative estimate of drug-likeness (QED) is 0.667. The fraction of sp³-hybridized carbons (Fsp3) is 0.375. The normalized spacial score (nSPS) is 11.0. The van der Waals surface area contributed by atoms with Gasteiger partial charge in [0.15, 0.2) is 12.4 Å². The molecule has 0 aliphatic rings. The molecule has 0 atom stereocenters. The molecular weight excluding hydrogens is 308 g/mol. The predicted octanol–water partition coefficient (Wildman–Crippen LogP) is 1.80. The fourth-order valence-corrected chi connectivity index (χ4v) is 2.71. The summed E-state index contributed by atoms with van der Waals surface area (Å²) >= 11 is 0. The van der Waals surface area contributed by atoms with Crippen molar-refractivity contribution in [3.8, 4) is 5.82 Å². The number of ether oxygens (including phenoxy) is 1. The van der Waals surface area contributed by atoms with Crippen LogP contribution >= 0.6 is 0 Å². The van der Waals surface area contributed by atoms with Crippen molar-refractivity contribution >= 4 is 5.97 Å². The second-order valence-corrected chi connectivity index (χ2v) is 5.53. The second kappa shape index (κ2) is 6.31. The van der Waals surface area contributed by atoms with Crippen LogP contribution < -0.4 is 0 Å². The number of hydrogen-bond acceptors (Lipinski definition) is 5. The van der Waals surface area contributed by atoms with Crippen molar-refractivity contribution in [3.63, 3.8) is 0 Å². The van der Waals surface area contributed by atoms with Crippen LogP contribution in [0.3, 0.4) is 0 Å². The molecular formula is C16H20N6O2. The van der Waals surface area contributed by atoms with Crippen molar-refractivity contribution < 1.29 is 9.53 Å². The molecule has 0 amide bonds. The molecule has 0 aliphatic carbocycles. The van der Waals surface area contributed by atoms with Gasteiger partial charge < -0.3 is 9.30 Å². The number of aromatic nitrogens is 6. The molecule has 0 saturated heterocycles. The Labute approximate surface area is 139 Å². The Kier molecular flexibility index (Phi) is 4.20. The van der Waals surface area contributed by atoms with Crippen molar-refractivity contribution in [3.05, 3.63) is 47.4 Å². The third-order valence-corrected chi connectivity index (χ3v) is 3.94. The lowest BCUT2D eigenvalue weighted by atomic mass is 10.3. The van der Waals surface area contributed by atoms with Gasteiger partial charge in [0.25, 0.3) is 0 Å². The molecule has 0 spiro atoms. The molecule has 8 nitrogen and oxygen atoms in total. The van der Waals surface area contributed by atoms with Crippen LogP contribution in [0.1, 0.15) is 34.5 Å². The Hall–Kier alpha value is -2.90. The monoisotopic (exact) mass is 328 g/mol. The molecule has 3 aromatic heterocycles. The van der Waals surface area contributed by atoms with Crippen LogP contribution in [0.25, 0.3) is 5.82 Å². The average Bonchev–Trinajstić information content (AvgIpc) is 3.25. The van der Waals surface area contributed by atoms with E-state index in [1.807, 2.05) is 37.5 Å². The summed E-state index contributed by atoms with van der Waals surface area (Å²) in [4.78, 5) is 16.7. The van der Waals surface area contributed by atoms with Crippen LogP contribution in [0.5, 0.6) is 0 Å². The van der Waals surface area contributed by atoms with E-state index in [1.165, 1.54) is 12.5 Å². The SMILES string of the molecule is CCn1ncnc1COC(=O)c1cnn(C)c1-n1c(C)ccc1C. The highest BCUT2D eigenvalue weighted by Gasteiger charge is 2.21. The molecule has 0 aliphatic heterocycles. The van der Waals surface area contributed by atoms with Crippen LogP contribution in [0.15, 0.2) is 24.7 Å². The van der Waals surface area contributed by atoms with Crippen molar-refractivity contribution in [2.24, 2.45) is 7.05 Å². The third-order valence-electron chi connectivity index (χ3n) is 3.94. The van der Waals surface area contributed by atoms with Gasteiger partial charge in [-0.1, -0.05) is 0 Å². The van der Waals surface area contributed by atoms with Gasteiger partial charge in [-0.25, -0.2) is 14.5 Å². The highest BCUT2D eigenvalue weighted by atomic mass is 16.5. The van der Waals surface area contributed by atoms with Crippen molar-refractivity contribution in [1.29, 1.82) is 0 Å². The average molecular weight is 328 g/mol. The Morgan fingerprint density at radius 2 is 1.92 bits per heavy atom. The van der Waals surface area contributed by atoms with Gasteiger partial charge in [-0.3, -0.25) is 4.68 Å². The van der Waals surface area contributed by atoms with Gasteiger partial charge in [0.1, 0.15) is 17.7 Å². The fourth-order valence-electron chi connectivity index (χ4n) is 2.71. The summed E-state index contributed by atoms with van der Waals surface area (Å²) in [7, 11) is 1.80. The zero-order valence-corrected chi connectivity index (χ0v) is 14.2. The summed E-state index contributed by atoms with van der Waals surface area (Å²) in [6.45, 7) is 6.67. The molecule has 3 aromatic rings. The predicted molar refractivity (Wildman–Crippen MR) is 86.8 cm³/mol. The molecule has 126 valence electrons. The molecule has 0 fully saturated rings. The van der Waals surface area contributed by atoms with E-state index in [4.69, 9.17) is 4.74 Å². The maximum Gasteiger partial charge on any atom is 0.344 e. The molecule has 0 radical (unpaired) electrons.